The number of ketones is 1. The molecule has 0 heterocycles. The first kappa shape index (κ1) is 10.7. The van der Waals surface area contributed by atoms with Gasteiger partial charge in [-0.05, 0) is 18.6 Å². The van der Waals surface area contributed by atoms with Crippen molar-refractivity contribution in [1.29, 1.82) is 0 Å². The Morgan fingerprint density at radius 2 is 2.00 bits per heavy atom. The molecule has 0 fully saturated rings. The Morgan fingerprint density at radius 3 is 2.69 bits per heavy atom. The molecule has 0 aliphatic heterocycles. The van der Waals surface area contributed by atoms with Crippen molar-refractivity contribution in [2.24, 2.45) is 0 Å². The van der Waals surface area contributed by atoms with Crippen LogP contribution in [0.25, 0.3) is 0 Å². The van der Waals surface area contributed by atoms with Gasteiger partial charge >= 0.3 is 0 Å². The molecule has 0 spiro atoms. The van der Waals surface area contributed by atoms with Gasteiger partial charge in [0, 0.05) is 24.7 Å². The number of carbonyl (C=O) groups excluding carboxylic acids is 1. The summed E-state index contributed by atoms with van der Waals surface area (Å²) in [5.74, 6) is 1.09. The summed E-state index contributed by atoms with van der Waals surface area (Å²) in [7, 11) is 0. The molecule has 3 heteroatoms. The van der Waals surface area contributed by atoms with Crippen LogP contribution in [-0.2, 0) is 4.79 Å². The second-order valence-electron chi connectivity index (χ2n) is 3.72. The number of hydrogen-bond acceptors (Lipinski definition) is 3. The van der Waals surface area contributed by atoms with Gasteiger partial charge in [0.15, 0.2) is 5.78 Å². The highest BCUT2D eigenvalue weighted by Gasteiger charge is 2.10. The van der Waals surface area contributed by atoms with Gasteiger partial charge in [-0.15, -0.1) is 0 Å². The van der Waals surface area contributed by atoms with Crippen LogP contribution in [0.15, 0.2) is 42.1 Å². The van der Waals surface area contributed by atoms with Gasteiger partial charge in [-0.25, -0.2) is 0 Å². The number of carbonyl (C=O) groups is 1. The zero-order valence-electron chi connectivity index (χ0n) is 9.11. The van der Waals surface area contributed by atoms with Crippen LogP contribution in [0.4, 0.5) is 0 Å². The Balaban J connectivity index is 1.66. The Morgan fingerprint density at radius 1 is 1.19 bits per heavy atom. The first-order chi connectivity index (χ1) is 7.84. The van der Waals surface area contributed by atoms with Gasteiger partial charge in [-0.1, -0.05) is 18.2 Å². The molecule has 84 valence electrons. The summed E-state index contributed by atoms with van der Waals surface area (Å²) in [6.07, 6.45) is 3.16. The monoisotopic (exact) mass is 217 g/mol. The second-order valence-corrected chi connectivity index (χ2v) is 3.72. The van der Waals surface area contributed by atoms with E-state index in [-0.39, 0.29) is 5.78 Å². The lowest BCUT2D eigenvalue weighted by Gasteiger charge is -2.08. The van der Waals surface area contributed by atoms with Gasteiger partial charge in [0.25, 0.3) is 0 Å². The topological polar surface area (TPSA) is 38.3 Å². The third-order valence-corrected chi connectivity index (χ3v) is 2.44. The highest BCUT2D eigenvalue weighted by Crippen LogP contribution is 2.11. The summed E-state index contributed by atoms with van der Waals surface area (Å²) in [5, 5.41) is 3.20. The third kappa shape index (κ3) is 3.12. The lowest BCUT2D eigenvalue weighted by Crippen LogP contribution is -2.19. The summed E-state index contributed by atoms with van der Waals surface area (Å²) in [5.41, 5.74) is 1.03. The SMILES string of the molecule is O=C1C=C(NCCOc2ccccc2)CC1. The van der Waals surface area contributed by atoms with Gasteiger partial charge in [-0.2, -0.15) is 0 Å². The molecule has 0 amide bonds. The average molecular weight is 217 g/mol. The molecule has 1 aromatic carbocycles. The number of benzene rings is 1. The van der Waals surface area contributed by atoms with Gasteiger partial charge in [-0.3, -0.25) is 4.79 Å². The number of nitrogens with one attached hydrogen (secondary N) is 1. The lowest BCUT2D eigenvalue weighted by atomic mass is 10.3. The number of ether oxygens (including phenoxy) is 1. The van der Waals surface area contributed by atoms with Gasteiger partial charge in [0.05, 0.1) is 0 Å². The van der Waals surface area contributed by atoms with Crippen molar-refractivity contribution in [2.75, 3.05) is 13.2 Å². The van der Waals surface area contributed by atoms with E-state index in [9.17, 15) is 4.79 Å². The molecular formula is C13H15NO2. The van der Waals surface area contributed by atoms with Gasteiger partial charge < -0.3 is 10.1 Å². The Labute approximate surface area is 95.1 Å². The highest BCUT2D eigenvalue weighted by molar-refractivity contribution is 5.92. The van der Waals surface area contributed by atoms with Crippen LogP contribution in [0, 0.1) is 0 Å². The van der Waals surface area contributed by atoms with Crippen molar-refractivity contribution in [3.05, 3.63) is 42.1 Å². The van der Waals surface area contributed by atoms with E-state index in [4.69, 9.17) is 4.74 Å². The summed E-state index contributed by atoms with van der Waals surface area (Å²) >= 11 is 0. The van der Waals surface area contributed by atoms with Gasteiger partial charge in [0.2, 0.25) is 0 Å². The lowest BCUT2D eigenvalue weighted by molar-refractivity contribution is -0.114. The molecule has 1 aliphatic rings. The molecule has 0 aromatic heterocycles. The number of allylic oxidation sites excluding steroid dienone is 2. The van der Waals surface area contributed by atoms with Crippen molar-refractivity contribution in [3.63, 3.8) is 0 Å². The molecule has 0 unspecified atom stereocenters. The maximum Gasteiger partial charge on any atom is 0.157 e. The van der Waals surface area contributed by atoms with E-state index >= 15 is 0 Å². The number of para-hydroxylation sites is 1. The molecule has 2 rings (SSSR count). The van der Waals surface area contributed by atoms with Crippen LogP contribution in [0.1, 0.15) is 12.8 Å². The number of hydrogen-bond donors (Lipinski definition) is 1. The fraction of sp³-hybridized carbons (Fsp3) is 0.308. The molecule has 0 atom stereocenters. The molecule has 0 radical (unpaired) electrons. The van der Waals surface area contributed by atoms with Crippen LogP contribution >= 0.6 is 0 Å². The molecule has 0 bridgehead atoms. The van der Waals surface area contributed by atoms with E-state index in [0.717, 1.165) is 24.4 Å². The van der Waals surface area contributed by atoms with E-state index < -0.39 is 0 Å². The van der Waals surface area contributed by atoms with E-state index in [1.54, 1.807) is 6.08 Å². The molecular weight excluding hydrogens is 202 g/mol. The Bertz CT molecular complexity index is 384. The molecule has 3 nitrogen and oxygen atoms in total. The number of rotatable bonds is 5. The molecule has 16 heavy (non-hydrogen) atoms. The second kappa shape index (κ2) is 5.35. The summed E-state index contributed by atoms with van der Waals surface area (Å²) in [6.45, 7) is 1.34. The van der Waals surface area contributed by atoms with Crippen LogP contribution in [0.2, 0.25) is 0 Å². The van der Waals surface area contributed by atoms with Gasteiger partial charge in [0.1, 0.15) is 12.4 Å². The predicted molar refractivity (Wildman–Crippen MR) is 62.3 cm³/mol. The maximum absolute atomic E-state index is 11.0. The normalized spacial score (nSPS) is 14.8. The van der Waals surface area contributed by atoms with Crippen molar-refractivity contribution in [3.8, 4) is 5.75 Å². The predicted octanol–water partition coefficient (Wildman–Crippen LogP) is 1.90. The Hall–Kier alpha value is -1.77. The highest BCUT2D eigenvalue weighted by atomic mass is 16.5. The van der Waals surface area contributed by atoms with Crippen molar-refractivity contribution < 1.29 is 9.53 Å². The maximum atomic E-state index is 11.0. The van der Waals surface area contributed by atoms with E-state index in [1.807, 2.05) is 30.3 Å². The Kier molecular flexibility index (Phi) is 3.59. The fourth-order valence-corrected chi connectivity index (χ4v) is 1.63. The minimum absolute atomic E-state index is 0.214. The fourth-order valence-electron chi connectivity index (χ4n) is 1.63. The standard InChI is InChI=1S/C13H15NO2/c15-12-7-6-11(10-12)14-8-9-16-13-4-2-1-3-5-13/h1-5,10,14H,6-9H2. The molecule has 1 aromatic rings. The zero-order chi connectivity index (χ0) is 11.2. The summed E-state index contributed by atoms with van der Waals surface area (Å²) in [6, 6.07) is 9.71. The van der Waals surface area contributed by atoms with Crippen molar-refractivity contribution in [1.82, 2.24) is 5.32 Å². The van der Waals surface area contributed by atoms with Crippen molar-refractivity contribution in [2.45, 2.75) is 12.8 Å². The minimum atomic E-state index is 0.214. The first-order valence-corrected chi connectivity index (χ1v) is 5.50. The largest absolute Gasteiger partial charge is 0.492 e. The first-order valence-electron chi connectivity index (χ1n) is 5.50. The van der Waals surface area contributed by atoms with E-state index in [2.05, 4.69) is 5.32 Å². The van der Waals surface area contributed by atoms with Crippen LogP contribution in [0.5, 0.6) is 5.75 Å². The molecule has 0 saturated carbocycles. The third-order valence-electron chi connectivity index (χ3n) is 2.44. The summed E-state index contributed by atoms with van der Waals surface area (Å²) in [4.78, 5) is 11.0. The molecule has 0 saturated heterocycles. The quantitative estimate of drug-likeness (QED) is 0.765. The minimum Gasteiger partial charge on any atom is -0.492 e. The molecule has 1 aliphatic carbocycles. The summed E-state index contributed by atoms with van der Waals surface area (Å²) < 4.78 is 5.52. The van der Waals surface area contributed by atoms with E-state index in [0.29, 0.717) is 13.0 Å². The van der Waals surface area contributed by atoms with Crippen molar-refractivity contribution >= 4 is 5.78 Å². The van der Waals surface area contributed by atoms with Crippen LogP contribution in [-0.4, -0.2) is 18.9 Å². The molecule has 1 N–H and O–H groups in total. The van der Waals surface area contributed by atoms with Crippen LogP contribution in [0.3, 0.4) is 0 Å². The smallest absolute Gasteiger partial charge is 0.157 e. The van der Waals surface area contributed by atoms with E-state index in [1.165, 1.54) is 0 Å². The zero-order valence-corrected chi connectivity index (χ0v) is 9.11. The van der Waals surface area contributed by atoms with Crippen LogP contribution < -0.4 is 10.1 Å². The average Bonchev–Trinajstić information content (AvgIpc) is 2.72.